The highest BCUT2D eigenvalue weighted by Gasteiger charge is 2.27. The molecule has 1 aromatic carbocycles. The second-order valence-corrected chi connectivity index (χ2v) is 4.98. The van der Waals surface area contributed by atoms with Crippen molar-refractivity contribution in [2.75, 3.05) is 5.73 Å². The van der Waals surface area contributed by atoms with Crippen LogP contribution >= 0.6 is 0 Å². The van der Waals surface area contributed by atoms with Gasteiger partial charge in [0.2, 0.25) is 0 Å². The number of nitrogen functional groups attached to an aromatic ring is 1. The number of hydrogen-bond donors (Lipinski definition) is 2. The van der Waals surface area contributed by atoms with Crippen molar-refractivity contribution in [3.63, 3.8) is 0 Å². The summed E-state index contributed by atoms with van der Waals surface area (Å²) in [5, 5.41) is 13.7. The largest absolute Gasteiger partial charge is 0.393 e. The second-order valence-electron chi connectivity index (χ2n) is 4.98. The van der Waals surface area contributed by atoms with Gasteiger partial charge in [-0.15, -0.1) is 0 Å². The summed E-state index contributed by atoms with van der Waals surface area (Å²) in [7, 11) is 0. The first-order valence-electron chi connectivity index (χ1n) is 6.34. The standard InChI is InChI=1S/C13H17N3O3/c1-8-4-2-6-10(8)15-13(17)9-5-3-7-11(12(9)14)16(18)19/h3,5,7-8,10H,2,4,6,14H2,1H3,(H,15,17). The van der Waals surface area contributed by atoms with Crippen molar-refractivity contribution in [3.8, 4) is 0 Å². The van der Waals surface area contributed by atoms with Gasteiger partial charge in [0.05, 0.1) is 10.5 Å². The summed E-state index contributed by atoms with van der Waals surface area (Å²) in [5.74, 6) is 0.101. The van der Waals surface area contributed by atoms with Crippen LogP contribution in [-0.4, -0.2) is 16.9 Å². The molecular formula is C13H17N3O3. The number of rotatable bonds is 3. The number of carbonyl (C=O) groups is 1. The Balaban J connectivity index is 2.19. The number of para-hydroxylation sites is 1. The lowest BCUT2D eigenvalue weighted by molar-refractivity contribution is -0.383. The molecule has 0 aliphatic heterocycles. The Morgan fingerprint density at radius 3 is 2.79 bits per heavy atom. The van der Waals surface area contributed by atoms with Crippen molar-refractivity contribution >= 4 is 17.3 Å². The molecule has 1 aromatic rings. The summed E-state index contributed by atoms with van der Waals surface area (Å²) in [6.45, 7) is 2.09. The molecule has 0 heterocycles. The van der Waals surface area contributed by atoms with Gasteiger partial charge >= 0.3 is 0 Å². The van der Waals surface area contributed by atoms with Gasteiger partial charge in [-0.3, -0.25) is 14.9 Å². The molecule has 6 nitrogen and oxygen atoms in total. The van der Waals surface area contributed by atoms with Gasteiger partial charge in [0.1, 0.15) is 5.69 Å². The zero-order valence-corrected chi connectivity index (χ0v) is 10.8. The number of carbonyl (C=O) groups excluding carboxylic acids is 1. The number of nitrogens with one attached hydrogen (secondary N) is 1. The Bertz CT molecular complexity index is 516. The summed E-state index contributed by atoms with van der Waals surface area (Å²) in [6, 6.07) is 4.41. The van der Waals surface area contributed by atoms with Gasteiger partial charge < -0.3 is 11.1 Å². The summed E-state index contributed by atoms with van der Waals surface area (Å²) in [4.78, 5) is 22.3. The molecule has 1 aliphatic rings. The highest BCUT2D eigenvalue weighted by atomic mass is 16.6. The third kappa shape index (κ3) is 2.67. The maximum atomic E-state index is 12.1. The fourth-order valence-corrected chi connectivity index (χ4v) is 2.52. The van der Waals surface area contributed by atoms with E-state index in [1.54, 1.807) is 0 Å². The van der Waals surface area contributed by atoms with E-state index < -0.39 is 4.92 Å². The molecule has 2 atom stereocenters. The van der Waals surface area contributed by atoms with Crippen molar-refractivity contribution in [1.29, 1.82) is 0 Å². The number of nitrogens with zero attached hydrogens (tertiary/aromatic N) is 1. The summed E-state index contributed by atoms with van der Waals surface area (Å²) < 4.78 is 0. The first-order valence-corrected chi connectivity index (χ1v) is 6.34. The van der Waals surface area contributed by atoms with E-state index in [1.165, 1.54) is 18.2 Å². The molecule has 1 amide bonds. The molecule has 102 valence electrons. The SMILES string of the molecule is CC1CCCC1NC(=O)c1cccc([N+](=O)[O-])c1N. The predicted octanol–water partition coefficient (Wildman–Crippen LogP) is 2.10. The average molecular weight is 263 g/mol. The molecule has 1 fully saturated rings. The molecule has 2 rings (SSSR count). The van der Waals surface area contributed by atoms with Crippen molar-refractivity contribution in [2.24, 2.45) is 5.92 Å². The Morgan fingerprint density at radius 1 is 1.47 bits per heavy atom. The van der Waals surface area contributed by atoms with Gasteiger partial charge in [0, 0.05) is 12.1 Å². The number of hydrogen-bond acceptors (Lipinski definition) is 4. The fraction of sp³-hybridized carbons (Fsp3) is 0.462. The lowest BCUT2D eigenvalue weighted by Crippen LogP contribution is -2.36. The number of nitro benzene ring substituents is 1. The number of nitrogens with two attached hydrogens (primary N) is 1. The maximum absolute atomic E-state index is 12.1. The topological polar surface area (TPSA) is 98.3 Å². The van der Waals surface area contributed by atoms with Crippen LogP contribution in [0, 0.1) is 16.0 Å². The van der Waals surface area contributed by atoms with E-state index in [-0.39, 0.29) is 28.9 Å². The molecule has 1 aliphatic carbocycles. The minimum absolute atomic E-state index is 0.0735. The van der Waals surface area contributed by atoms with Crippen LogP contribution in [-0.2, 0) is 0 Å². The summed E-state index contributed by atoms with van der Waals surface area (Å²) in [5.41, 5.74) is 5.56. The van der Waals surface area contributed by atoms with Crippen LogP contribution in [0.4, 0.5) is 11.4 Å². The first-order chi connectivity index (χ1) is 9.00. The van der Waals surface area contributed by atoms with Crippen LogP contribution in [0.2, 0.25) is 0 Å². The molecule has 19 heavy (non-hydrogen) atoms. The zero-order chi connectivity index (χ0) is 14.0. The third-order valence-corrected chi connectivity index (χ3v) is 3.70. The van der Waals surface area contributed by atoms with E-state index in [0.717, 1.165) is 19.3 Å². The van der Waals surface area contributed by atoms with Crippen LogP contribution in [0.15, 0.2) is 18.2 Å². The highest BCUT2D eigenvalue weighted by molar-refractivity contribution is 6.01. The number of amides is 1. The van der Waals surface area contributed by atoms with E-state index in [4.69, 9.17) is 5.73 Å². The van der Waals surface area contributed by atoms with Crippen LogP contribution in [0.5, 0.6) is 0 Å². The predicted molar refractivity (Wildman–Crippen MR) is 71.8 cm³/mol. The Labute approximate surface area is 111 Å². The maximum Gasteiger partial charge on any atom is 0.292 e. The molecule has 0 saturated heterocycles. The quantitative estimate of drug-likeness (QED) is 0.495. The first kappa shape index (κ1) is 13.3. The Hall–Kier alpha value is -2.11. The Kier molecular flexibility index (Phi) is 3.69. The number of anilines is 1. The van der Waals surface area contributed by atoms with E-state index in [2.05, 4.69) is 12.2 Å². The van der Waals surface area contributed by atoms with Gasteiger partial charge in [-0.25, -0.2) is 0 Å². The summed E-state index contributed by atoms with van der Waals surface area (Å²) >= 11 is 0. The lowest BCUT2D eigenvalue weighted by Gasteiger charge is -2.17. The number of nitro groups is 1. The number of benzene rings is 1. The minimum atomic E-state index is -0.579. The summed E-state index contributed by atoms with van der Waals surface area (Å²) in [6.07, 6.45) is 3.13. The van der Waals surface area contributed by atoms with Crippen LogP contribution in [0.3, 0.4) is 0 Å². The van der Waals surface area contributed by atoms with Crippen LogP contribution in [0.1, 0.15) is 36.5 Å². The second kappa shape index (κ2) is 5.26. The zero-order valence-electron chi connectivity index (χ0n) is 10.8. The normalized spacial score (nSPS) is 22.2. The molecular weight excluding hydrogens is 246 g/mol. The molecule has 0 spiro atoms. The molecule has 2 unspecified atom stereocenters. The molecule has 0 radical (unpaired) electrons. The van der Waals surface area contributed by atoms with Crippen molar-refractivity contribution in [3.05, 3.63) is 33.9 Å². The Morgan fingerprint density at radius 2 is 2.21 bits per heavy atom. The molecule has 0 bridgehead atoms. The van der Waals surface area contributed by atoms with Gasteiger partial charge in [-0.05, 0) is 24.8 Å². The fourth-order valence-electron chi connectivity index (χ4n) is 2.52. The smallest absolute Gasteiger partial charge is 0.292 e. The van der Waals surface area contributed by atoms with E-state index in [9.17, 15) is 14.9 Å². The lowest BCUT2D eigenvalue weighted by atomic mass is 10.1. The van der Waals surface area contributed by atoms with Gasteiger partial charge in [0.25, 0.3) is 11.6 Å². The minimum Gasteiger partial charge on any atom is -0.393 e. The van der Waals surface area contributed by atoms with Gasteiger partial charge in [-0.1, -0.05) is 19.4 Å². The average Bonchev–Trinajstić information content (AvgIpc) is 2.74. The molecule has 1 saturated carbocycles. The monoisotopic (exact) mass is 263 g/mol. The third-order valence-electron chi connectivity index (χ3n) is 3.70. The van der Waals surface area contributed by atoms with Crippen LogP contribution in [0.25, 0.3) is 0 Å². The van der Waals surface area contributed by atoms with E-state index in [0.29, 0.717) is 5.92 Å². The molecule has 6 heteroatoms. The van der Waals surface area contributed by atoms with Gasteiger partial charge in [-0.2, -0.15) is 0 Å². The molecule has 3 N–H and O–H groups in total. The van der Waals surface area contributed by atoms with Gasteiger partial charge in [0.15, 0.2) is 0 Å². The van der Waals surface area contributed by atoms with Crippen molar-refractivity contribution in [1.82, 2.24) is 5.32 Å². The molecule has 0 aromatic heterocycles. The van der Waals surface area contributed by atoms with E-state index >= 15 is 0 Å². The van der Waals surface area contributed by atoms with Crippen molar-refractivity contribution < 1.29 is 9.72 Å². The highest BCUT2D eigenvalue weighted by Crippen LogP contribution is 2.27. The van der Waals surface area contributed by atoms with E-state index in [1.807, 2.05) is 0 Å². The van der Waals surface area contributed by atoms with Crippen molar-refractivity contribution in [2.45, 2.75) is 32.2 Å². The van der Waals surface area contributed by atoms with Crippen LogP contribution < -0.4 is 11.1 Å².